The molecular formula is C13H17F2NaO2. The SMILES string of the molecule is O=C(OC[C-](F)F)C12CC3CC(CC(C3)C1)C2.[Na+]. The molecule has 0 aromatic heterocycles. The van der Waals surface area contributed by atoms with E-state index in [1.54, 1.807) is 0 Å². The van der Waals surface area contributed by atoms with Crippen LogP contribution in [-0.4, -0.2) is 12.6 Å². The van der Waals surface area contributed by atoms with E-state index in [1.165, 1.54) is 19.3 Å². The van der Waals surface area contributed by atoms with E-state index >= 15 is 0 Å². The van der Waals surface area contributed by atoms with Gasteiger partial charge in [0.2, 0.25) is 0 Å². The molecule has 4 saturated carbocycles. The quantitative estimate of drug-likeness (QED) is 0.414. The van der Waals surface area contributed by atoms with Crippen LogP contribution in [0.1, 0.15) is 38.5 Å². The summed E-state index contributed by atoms with van der Waals surface area (Å²) in [5, 5.41) is 0. The molecule has 0 aliphatic heterocycles. The third-order valence-electron chi connectivity index (χ3n) is 4.78. The third-order valence-corrected chi connectivity index (χ3v) is 4.78. The van der Waals surface area contributed by atoms with Crippen molar-refractivity contribution in [1.82, 2.24) is 0 Å². The molecule has 0 atom stereocenters. The second-order valence-corrected chi connectivity index (χ2v) is 6.11. The number of carbonyl (C=O) groups is 1. The molecule has 0 radical (unpaired) electrons. The molecular weight excluding hydrogens is 249 g/mol. The first kappa shape index (κ1) is 14.7. The minimum Gasteiger partial charge on any atom is -0.493 e. The van der Waals surface area contributed by atoms with Crippen molar-refractivity contribution in [2.24, 2.45) is 23.2 Å². The van der Waals surface area contributed by atoms with Crippen molar-refractivity contribution in [2.75, 3.05) is 6.61 Å². The molecule has 2 nitrogen and oxygen atoms in total. The van der Waals surface area contributed by atoms with Crippen molar-refractivity contribution in [1.29, 1.82) is 0 Å². The van der Waals surface area contributed by atoms with Crippen molar-refractivity contribution in [3.05, 3.63) is 6.43 Å². The van der Waals surface area contributed by atoms with Crippen LogP contribution in [0.25, 0.3) is 0 Å². The Morgan fingerprint density at radius 1 is 1.11 bits per heavy atom. The normalized spacial score (nSPS) is 40.7. The molecule has 0 saturated heterocycles. The number of rotatable bonds is 3. The van der Waals surface area contributed by atoms with Crippen molar-refractivity contribution in [3.63, 3.8) is 0 Å². The summed E-state index contributed by atoms with van der Waals surface area (Å²) in [4.78, 5) is 12.0. The van der Waals surface area contributed by atoms with E-state index in [-0.39, 0.29) is 35.5 Å². The van der Waals surface area contributed by atoms with Gasteiger partial charge in [-0.3, -0.25) is 4.79 Å². The van der Waals surface area contributed by atoms with Gasteiger partial charge in [-0.25, -0.2) is 0 Å². The topological polar surface area (TPSA) is 26.3 Å². The van der Waals surface area contributed by atoms with Crippen LogP contribution in [0.15, 0.2) is 0 Å². The van der Waals surface area contributed by atoms with E-state index in [9.17, 15) is 13.6 Å². The standard InChI is InChI=1S/C13H17F2O2.Na/c14-11(15)7-17-12(16)13-4-8-1-9(5-13)3-10(2-8)6-13;/h8-10H,1-7H2;/q-1;+1. The molecule has 0 spiro atoms. The summed E-state index contributed by atoms with van der Waals surface area (Å²) in [7, 11) is 0. The Hall–Kier alpha value is 0.330. The number of halogens is 2. The molecule has 18 heavy (non-hydrogen) atoms. The maximum atomic E-state index is 12.0. The van der Waals surface area contributed by atoms with Crippen LogP contribution in [0.2, 0.25) is 0 Å². The summed E-state index contributed by atoms with van der Waals surface area (Å²) in [6.45, 7) is -0.819. The van der Waals surface area contributed by atoms with Crippen LogP contribution < -0.4 is 29.6 Å². The molecule has 96 valence electrons. The first-order chi connectivity index (χ1) is 8.07. The first-order valence-electron chi connectivity index (χ1n) is 6.41. The van der Waals surface area contributed by atoms with Gasteiger partial charge in [-0.05, 0) is 56.3 Å². The Bertz CT molecular complexity index is 298. The Morgan fingerprint density at radius 3 is 1.94 bits per heavy atom. The molecule has 4 bridgehead atoms. The van der Waals surface area contributed by atoms with Gasteiger partial charge in [0.25, 0.3) is 0 Å². The monoisotopic (exact) mass is 266 g/mol. The van der Waals surface area contributed by atoms with E-state index < -0.39 is 18.4 Å². The predicted octanol–water partition coefficient (Wildman–Crippen LogP) is 0.178. The molecule has 4 aliphatic carbocycles. The first-order valence-corrected chi connectivity index (χ1v) is 6.41. The number of carbonyl (C=O) groups excluding carboxylic acids is 1. The fraction of sp³-hybridized carbons (Fsp3) is 0.846. The van der Waals surface area contributed by atoms with Crippen LogP contribution in [0, 0.1) is 29.6 Å². The smallest absolute Gasteiger partial charge is 0.493 e. The number of esters is 1. The maximum absolute atomic E-state index is 12.0. The predicted molar refractivity (Wildman–Crippen MR) is 57.0 cm³/mol. The van der Waals surface area contributed by atoms with Crippen LogP contribution in [0.4, 0.5) is 8.78 Å². The van der Waals surface area contributed by atoms with Crippen LogP contribution in [0.5, 0.6) is 0 Å². The minimum absolute atomic E-state index is 0. The van der Waals surface area contributed by atoms with Crippen molar-refractivity contribution < 1.29 is 47.9 Å². The van der Waals surface area contributed by atoms with Gasteiger partial charge in [-0.2, -0.15) is 0 Å². The Morgan fingerprint density at radius 2 is 1.56 bits per heavy atom. The van der Waals surface area contributed by atoms with Crippen LogP contribution in [0.3, 0.4) is 0 Å². The number of hydrogen-bond donors (Lipinski definition) is 0. The van der Waals surface area contributed by atoms with Crippen molar-refractivity contribution >= 4 is 5.97 Å². The summed E-state index contributed by atoms with van der Waals surface area (Å²) >= 11 is 0. The molecule has 0 unspecified atom stereocenters. The second-order valence-electron chi connectivity index (χ2n) is 6.11. The molecule has 0 N–H and O–H groups in total. The Balaban J connectivity index is 0.00000120. The fourth-order valence-electron chi connectivity index (χ4n) is 4.63. The summed E-state index contributed by atoms with van der Waals surface area (Å²) in [5.41, 5.74) is -0.413. The van der Waals surface area contributed by atoms with Gasteiger partial charge in [0, 0.05) is 13.0 Å². The van der Waals surface area contributed by atoms with Crippen molar-refractivity contribution in [2.45, 2.75) is 38.5 Å². The van der Waals surface area contributed by atoms with Crippen LogP contribution in [-0.2, 0) is 9.53 Å². The van der Waals surface area contributed by atoms with E-state index in [0.29, 0.717) is 17.8 Å². The molecule has 0 aromatic carbocycles. The summed E-state index contributed by atoms with van der Waals surface area (Å²) < 4.78 is 28.8. The van der Waals surface area contributed by atoms with Gasteiger partial charge in [0.15, 0.2) is 0 Å². The van der Waals surface area contributed by atoms with Gasteiger partial charge in [0.05, 0.1) is 5.41 Å². The molecule has 4 rings (SSSR count). The summed E-state index contributed by atoms with van der Waals surface area (Å²) in [6, 6.07) is 0. The Kier molecular flexibility index (Phi) is 4.40. The van der Waals surface area contributed by atoms with E-state index in [2.05, 4.69) is 0 Å². The van der Waals surface area contributed by atoms with Gasteiger partial charge >= 0.3 is 35.5 Å². The molecule has 0 amide bonds. The molecule has 4 fully saturated rings. The van der Waals surface area contributed by atoms with Gasteiger partial charge in [-0.1, -0.05) is 0 Å². The third kappa shape index (κ3) is 2.61. The Labute approximate surface area is 128 Å². The zero-order valence-electron chi connectivity index (χ0n) is 10.8. The second kappa shape index (κ2) is 5.37. The molecule has 4 aliphatic rings. The van der Waals surface area contributed by atoms with E-state index in [4.69, 9.17) is 4.74 Å². The molecule has 5 heteroatoms. The summed E-state index contributed by atoms with van der Waals surface area (Å²) in [6.07, 6.45) is 4.48. The van der Waals surface area contributed by atoms with Gasteiger partial charge in [-0.15, -0.1) is 0 Å². The zero-order valence-corrected chi connectivity index (χ0v) is 12.8. The summed E-state index contributed by atoms with van der Waals surface area (Å²) in [5.74, 6) is 1.53. The average molecular weight is 266 g/mol. The number of ether oxygens (including phenoxy) is 1. The molecule has 0 heterocycles. The van der Waals surface area contributed by atoms with Gasteiger partial charge in [0.1, 0.15) is 0 Å². The fourth-order valence-corrected chi connectivity index (χ4v) is 4.63. The number of hydrogen-bond acceptors (Lipinski definition) is 2. The van der Waals surface area contributed by atoms with Gasteiger partial charge < -0.3 is 13.5 Å². The minimum atomic E-state index is -1.82. The van der Waals surface area contributed by atoms with E-state index in [1.807, 2.05) is 0 Å². The maximum Gasteiger partial charge on any atom is 1.00 e. The largest absolute Gasteiger partial charge is 1.00 e. The van der Waals surface area contributed by atoms with Crippen molar-refractivity contribution in [3.8, 4) is 0 Å². The average Bonchev–Trinajstić information content (AvgIpc) is 2.23. The van der Waals surface area contributed by atoms with Crippen LogP contribution >= 0.6 is 0 Å². The van der Waals surface area contributed by atoms with E-state index in [0.717, 1.165) is 19.3 Å². The molecule has 0 aromatic rings. The zero-order chi connectivity index (χ0) is 12.0.